The Kier molecular flexibility index (Phi) is 6.18. The molecule has 0 aliphatic rings. The molecule has 4 rings (SSSR count). The number of rotatable bonds is 7. The Morgan fingerprint density at radius 3 is 2.29 bits per heavy atom. The van der Waals surface area contributed by atoms with Crippen LogP contribution in [-0.2, 0) is 0 Å². The number of benzene rings is 3. The standard InChI is InChI=1S/C27H26N2O2/c1-4-30-25-15-13-24(14-16-25)29-20(2)17-22(21(29)3)19-28-23-9-8-12-27(18-23)31-26-10-6-5-7-11-26/h5-19H,4H2,1-3H3. The summed E-state index contributed by atoms with van der Waals surface area (Å²) in [5, 5.41) is 0. The zero-order chi connectivity index (χ0) is 21.6. The maximum Gasteiger partial charge on any atom is 0.129 e. The molecule has 1 aromatic heterocycles. The van der Waals surface area contributed by atoms with E-state index in [0.29, 0.717) is 6.61 Å². The van der Waals surface area contributed by atoms with Crippen molar-refractivity contribution < 1.29 is 9.47 Å². The van der Waals surface area contributed by atoms with E-state index in [1.54, 1.807) is 0 Å². The largest absolute Gasteiger partial charge is 0.494 e. The van der Waals surface area contributed by atoms with Gasteiger partial charge in [0.25, 0.3) is 0 Å². The lowest BCUT2D eigenvalue weighted by Gasteiger charge is -2.11. The van der Waals surface area contributed by atoms with Crippen LogP contribution in [0, 0.1) is 13.8 Å². The van der Waals surface area contributed by atoms with Crippen LogP contribution in [0.15, 0.2) is 89.9 Å². The number of nitrogens with zero attached hydrogens (tertiary/aromatic N) is 2. The van der Waals surface area contributed by atoms with Gasteiger partial charge in [-0.05, 0) is 75.4 Å². The second kappa shape index (κ2) is 9.35. The van der Waals surface area contributed by atoms with E-state index < -0.39 is 0 Å². The van der Waals surface area contributed by atoms with E-state index in [1.807, 2.05) is 79.9 Å². The van der Waals surface area contributed by atoms with Crippen molar-refractivity contribution in [2.24, 2.45) is 4.99 Å². The Labute approximate surface area is 183 Å². The molecule has 3 aromatic carbocycles. The highest BCUT2D eigenvalue weighted by atomic mass is 16.5. The third-order valence-corrected chi connectivity index (χ3v) is 5.03. The van der Waals surface area contributed by atoms with E-state index in [9.17, 15) is 0 Å². The number of hydrogen-bond acceptors (Lipinski definition) is 3. The monoisotopic (exact) mass is 410 g/mol. The summed E-state index contributed by atoms with van der Waals surface area (Å²) < 4.78 is 13.7. The summed E-state index contributed by atoms with van der Waals surface area (Å²) in [7, 11) is 0. The average molecular weight is 411 g/mol. The fraction of sp³-hybridized carbons (Fsp3) is 0.148. The van der Waals surface area contributed by atoms with Gasteiger partial charge in [0, 0.05) is 34.9 Å². The minimum atomic E-state index is 0.666. The first kappa shape index (κ1) is 20.5. The summed E-state index contributed by atoms with van der Waals surface area (Å²) in [6.45, 7) is 6.87. The van der Waals surface area contributed by atoms with Gasteiger partial charge >= 0.3 is 0 Å². The molecular weight excluding hydrogens is 384 g/mol. The summed E-state index contributed by atoms with van der Waals surface area (Å²) in [6.07, 6.45) is 1.91. The molecule has 1 heterocycles. The van der Waals surface area contributed by atoms with Gasteiger partial charge < -0.3 is 14.0 Å². The number of ether oxygens (including phenoxy) is 2. The molecule has 0 unspecified atom stereocenters. The summed E-state index contributed by atoms with van der Waals surface area (Å²) >= 11 is 0. The maximum atomic E-state index is 5.91. The van der Waals surface area contributed by atoms with Crippen molar-refractivity contribution in [3.8, 4) is 22.9 Å². The molecular formula is C27H26N2O2. The molecule has 0 saturated heterocycles. The molecule has 0 bridgehead atoms. The maximum absolute atomic E-state index is 5.91. The van der Waals surface area contributed by atoms with E-state index in [-0.39, 0.29) is 0 Å². The molecule has 0 aliphatic carbocycles. The average Bonchev–Trinajstić information content (AvgIpc) is 3.07. The third kappa shape index (κ3) is 4.86. The molecule has 0 fully saturated rings. The van der Waals surface area contributed by atoms with Crippen LogP contribution in [0.5, 0.6) is 17.2 Å². The van der Waals surface area contributed by atoms with Gasteiger partial charge in [0.05, 0.1) is 12.3 Å². The Bertz CT molecular complexity index is 1180. The molecule has 0 spiro atoms. The summed E-state index contributed by atoms with van der Waals surface area (Å²) in [5.41, 5.74) is 5.34. The van der Waals surface area contributed by atoms with E-state index >= 15 is 0 Å². The number of aliphatic imine (C=N–C) groups is 1. The van der Waals surface area contributed by atoms with Gasteiger partial charge in [-0.3, -0.25) is 4.99 Å². The molecule has 0 amide bonds. The van der Waals surface area contributed by atoms with Crippen LogP contribution < -0.4 is 9.47 Å². The Balaban J connectivity index is 1.55. The van der Waals surface area contributed by atoms with Crippen molar-refractivity contribution in [1.82, 2.24) is 4.57 Å². The Morgan fingerprint density at radius 1 is 0.806 bits per heavy atom. The fourth-order valence-corrected chi connectivity index (χ4v) is 3.57. The van der Waals surface area contributed by atoms with Crippen molar-refractivity contribution in [2.45, 2.75) is 20.8 Å². The van der Waals surface area contributed by atoms with Crippen LogP contribution >= 0.6 is 0 Å². The lowest BCUT2D eigenvalue weighted by atomic mass is 10.2. The van der Waals surface area contributed by atoms with Gasteiger partial charge in [0.15, 0.2) is 0 Å². The predicted molar refractivity (Wildman–Crippen MR) is 127 cm³/mol. The molecule has 0 aliphatic heterocycles. The van der Waals surface area contributed by atoms with Gasteiger partial charge in [0.2, 0.25) is 0 Å². The SMILES string of the molecule is CCOc1ccc(-n2c(C)cc(C=Nc3cccc(Oc4ccccc4)c3)c2C)cc1. The first-order chi connectivity index (χ1) is 15.1. The minimum Gasteiger partial charge on any atom is -0.494 e. The fourth-order valence-electron chi connectivity index (χ4n) is 3.57. The number of aromatic nitrogens is 1. The smallest absolute Gasteiger partial charge is 0.129 e. The highest BCUT2D eigenvalue weighted by Gasteiger charge is 2.09. The predicted octanol–water partition coefficient (Wildman–Crippen LogP) is 7.04. The van der Waals surface area contributed by atoms with Crippen LogP contribution in [0.25, 0.3) is 5.69 Å². The Hall–Kier alpha value is -3.79. The number of aryl methyl sites for hydroxylation is 1. The van der Waals surface area contributed by atoms with Crippen LogP contribution in [-0.4, -0.2) is 17.4 Å². The van der Waals surface area contributed by atoms with Crippen LogP contribution in [0.2, 0.25) is 0 Å². The Morgan fingerprint density at radius 2 is 1.55 bits per heavy atom. The zero-order valence-corrected chi connectivity index (χ0v) is 18.1. The van der Waals surface area contributed by atoms with Crippen molar-refractivity contribution in [3.05, 3.63) is 102 Å². The van der Waals surface area contributed by atoms with E-state index in [1.165, 1.54) is 0 Å². The lowest BCUT2D eigenvalue weighted by molar-refractivity contribution is 0.340. The van der Waals surface area contributed by atoms with Crippen molar-refractivity contribution in [2.75, 3.05) is 6.61 Å². The molecule has 4 nitrogen and oxygen atoms in total. The number of para-hydroxylation sites is 1. The van der Waals surface area contributed by atoms with E-state index in [2.05, 4.69) is 41.6 Å². The van der Waals surface area contributed by atoms with Crippen molar-refractivity contribution in [1.29, 1.82) is 0 Å². The molecule has 0 N–H and O–H groups in total. The van der Waals surface area contributed by atoms with E-state index in [0.717, 1.165) is 45.6 Å². The van der Waals surface area contributed by atoms with Crippen LogP contribution in [0.3, 0.4) is 0 Å². The second-order valence-electron chi connectivity index (χ2n) is 7.26. The highest BCUT2D eigenvalue weighted by Crippen LogP contribution is 2.26. The first-order valence-corrected chi connectivity index (χ1v) is 10.4. The molecule has 0 radical (unpaired) electrons. The molecule has 156 valence electrons. The molecule has 0 saturated carbocycles. The van der Waals surface area contributed by atoms with Gasteiger partial charge in [-0.25, -0.2) is 0 Å². The second-order valence-corrected chi connectivity index (χ2v) is 7.26. The van der Waals surface area contributed by atoms with Gasteiger partial charge in [-0.2, -0.15) is 0 Å². The molecule has 4 aromatic rings. The molecule has 0 atom stereocenters. The van der Waals surface area contributed by atoms with Crippen LogP contribution in [0.1, 0.15) is 23.9 Å². The number of hydrogen-bond donors (Lipinski definition) is 0. The molecule has 31 heavy (non-hydrogen) atoms. The van der Waals surface area contributed by atoms with Crippen molar-refractivity contribution in [3.63, 3.8) is 0 Å². The first-order valence-electron chi connectivity index (χ1n) is 10.4. The van der Waals surface area contributed by atoms with Crippen molar-refractivity contribution >= 4 is 11.9 Å². The summed E-state index contributed by atoms with van der Waals surface area (Å²) in [5.74, 6) is 2.45. The third-order valence-electron chi connectivity index (χ3n) is 5.03. The van der Waals surface area contributed by atoms with Gasteiger partial charge in [-0.15, -0.1) is 0 Å². The zero-order valence-electron chi connectivity index (χ0n) is 18.1. The van der Waals surface area contributed by atoms with Gasteiger partial charge in [0.1, 0.15) is 17.2 Å². The summed E-state index contributed by atoms with van der Waals surface area (Å²) in [4.78, 5) is 4.69. The molecule has 4 heteroatoms. The minimum absolute atomic E-state index is 0.666. The topological polar surface area (TPSA) is 35.8 Å². The quantitative estimate of drug-likeness (QED) is 0.306. The van der Waals surface area contributed by atoms with Crippen LogP contribution in [0.4, 0.5) is 5.69 Å². The highest BCUT2D eigenvalue weighted by molar-refractivity contribution is 5.84. The normalized spacial score (nSPS) is 11.1. The van der Waals surface area contributed by atoms with E-state index in [4.69, 9.17) is 9.47 Å². The summed E-state index contributed by atoms with van der Waals surface area (Å²) in [6, 6.07) is 27.9. The van der Waals surface area contributed by atoms with Gasteiger partial charge in [-0.1, -0.05) is 24.3 Å². The lowest BCUT2D eigenvalue weighted by Crippen LogP contribution is -2.00.